The van der Waals surface area contributed by atoms with Crippen molar-refractivity contribution in [2.75, 3.05) is 11.9 Å². The summed E-state index contributed by atoms with van der Waals surface area (Å²) in [6, 6.07) is 15.4. The monoisotopic (exact) mass is 269 g/mol. The minimum absolute atomic E-state index is 0.0607. The minimum atomic E-state index is -0.147. The van der Waals surface area contributed by atoms with Crippen molar-refractivity contribution < 1.29 is 14.3 Å². The van der Waals surface area contributed by atoms with Crippen LogP contribution in [0, 0.1) is 0 Å². The van der Waals surface area contributed by atoms with Gasteiger partial charge in [0.15, 0.2) is 6.61 Å². The molecule has 3 rings (SSSR count). The SMILES string of the molecule is CC(Oc1ccc2c(c1)NC(=O)CO2)c1ccccc1. The van der Waals surface area contributed by atoms with Crippen LogP contribution in [0.5, 0.6) is 11.5 Å². The van der Waals surface area contributed by atoms with Gasteiger partial charge in [0.1, 0.15) is 17.6 Å². The van der Waals surface area contributed by atoms with E-state index in [-0.39, 0.29) is 18.6 Å². The van der Waals surface area contributed by atoms with Gasteiger partial charge < -0.3 is 14.8 Å². The highest BCUT2D eigenvalue weighted by atomic mass is 16.5. The third-order valence-electron chi connectivity index (χ3n) is 3.17. The Morgan fingerprint density at radius 1 is 1.20 bits per heavy atom. The predicted octanol–water partition coefficient (Wildman–Crippen LogP) is 3.16. The van der Waals surface area contributed by atoms with E-state index < -0.39 is 0 Å². The van der Waals surface area contributed by atoms with Crippen LogP contribution in [0.25, 0.3) is 0 Å². The van der Waals surface area contributed by atoms with E-state index in [1.165, 1.54) is 0 Å². The fourth-order valence-corrected chi connectivity index (χ4v) is 2.13. The summed E-state index contributed by atoms with van der Waals surface area (Å²) >= 11 is 0. The summed E-state index contributed by atoms with van der Waals surface area (Å²) < 4.78 is 11.2. The number of carbonyl (C=O) groups excluding carboxylic acids is 1. The molecule has 1 aliphatic rings. The Bertz CT molecular complexity index is 625. The first-order valence-electron chi connectivity index (χ1n) is 6.51. The topological polar surface area (TPSA) is 47.6 Å². The molecule has 4 heteroatoms. The normalized spacial score (nSPS) is 14.8. The van der Waals surface area contributed by atoms with Crippen molar-refractivity contribution in [1.82, 2.24) is 0 Å². The molecule has 0 radical (unpaired) electrons. The maximum absolute atomic E-state index is 11.3. The average molecular weight is 269 g/mol. The first-order chi connectivity index (χ1) is 9.72. The number of fused-ring (bicyclic) bond motifs is 1. The van der Waals surface area contributed by atoms with Crippen molar-refractivity contribution in [1.29, 1.82) is 0 Å². The van der Waals surface area contributed by atoms with Gasteiger partial charge in [-0.1, -0.05) is 30.3 Å². The lowest BCUT2D eigenvalue weighted by Gasteiger charge is -2.20. The Morgan fingerprint density at radius 2 is 2.00 bits per heavy atom. The maximum Gasteiger partial charge on any atom is 0.262 e. The smallest absolute Gasteiger partial charge is 0.262 e. The Balaban J connectivity index is 1.78. The van der Waals surface area contributed by atoms with Crippen LogP contribution in [0.2, 0.25) is 0 Å². The van der Waals surface area contributed by atoms with E-state index in [1.807, 2.05) is 49.4 Å². The lowest BCUT2D eigenvalue weighted by atomic mass is 10.1. The molecule has 0 bridgehead atoms. The predicted molar refractivity (Wildman–Crippen MR) is 76.1 cm³/mol. The second kappa shape index (κ2) is 5.25. The van der Waals surface area contributed by atoms with E-state index >= 15 is 0 Å². The van der Waals surface area contributed by atoms with Gasteiger partial charge in [0.2, 0.25) is 0 Å². The molecule has 102 valence electrons. The summed E-state index contributed by atoms with van der Waals surface area (Å²) in [5, 5.41) is 2.77. The molecule has 0 fully saturated rings. The van der Waals surface area contributed by atoms with Gasteiger partial charge in [-0.2, -0.15) is 0 Å². The summed E-state index contributed by atoms with van der Waals surface area (Å²) in [7, 11) is 0. The van der Waals surface area contributed by atoms with Gasteiger partial charge in [-0.3, -0.25) is 4.79 Å². The lowest BCUT2D eigenvalue weighted by molar-refractivity contribution is -0.118. The number of rotatable bonds is 3. The highest BCUT2D eigenvalue weighted by molar-refractivity contribution is 5.95. The molecule has 1 aliphatic heterocycles. The maximum atomic E-state index is 11.3. The zero-order chi connectivity index (χ0) is 13.9. The summed E-state index contributed by atoms with van der Waals surface area (Å²) in [6.07, 6.45) is -0.0607. The second-order valence-electron chi connectivity index (χ2n) is 4.67. The molecule has 1 amide bonds. The molecule has 4 nitrogen and oxygen atoms in total. The van der Waals surface area contributed by atoms with Gasteiger partial charge in [0.25, 0.3) is 5.91 Å². The Labute approximate surface area is 117 Å². The number of hydrogen-bond acceptors (Lipinski definition) is 3. The van der Waals surface area contributed by atoms with Crippen LogP contribution in [-0.2, 0) is 4.79 Å². The van der Waals surface area contributed by atoms with Crippen LogP contribution >= 0.6 is 0 Å². The number of amides is 1. The van der Waals surface area contributed by atoms with Crippen molar-refractivity contribution in [3.8, 4) is 11.5 Å². The van der Waals surface area contributed by atoms with E-state index in [4.69, 9.17) is 9.47 Å². The number of nitrogens with one attached hydrogen (secondary N) is 1. The van der Waals surface area contributed by atoms with E-state index in [2.05, 4.69) is 5.32 Å². The molecule has 0 aliphatic carbocycles. The van der Waals surface area contributed by atoms with Crippen molar-refractivity contribution in [3.63, 3.8) is 0 Å². The van der Waals surface area contributed by atoms with Gasteiger partial charge in [-0.15, -0.1) is 0 Å². The Kier molecular flexibility index (Phi) is 3.29. The molecule has 1 atom stereocenters. The van der Waals surface area contributed by atoms with Gasteiger partial charge in [-0.05, 0) is 24.6 Å². The zero-order valence-electron chi connectivity index (χ0n) is 11.1. The lowest BCUT2D eigenvalue weighted by Crippen LogP contribution is -2.25. The van der Waals surface area contributed by atoms with Crippen LogP contribution in [0.1, 0.15) is 18.6 Å². The molecule has 1 N–H and O–H groups in total. The van der Waals surface area contributed by atoms with Crippen molar-refractivity contribution in [3.05, 3.63) is 54.1 Å². The van der Waals surface area contributed by atoms with Gasteiger partial charge >= 0.3 is 0 Å². The van der Waals surface area contributed by atoms with Crippen LogP contribution in [0.4, 0.5) is 5.69 Å². The van der Waals surface area contributed by atoms with Gasteiger partial charge in [0, 0.05) is 6.07 Å². The molecular formula is C16H15NO3. The summed E-state index contributed by atoms with van der Waals surface area (Å²) in [5.74, 6) is 1.22. The molecular weight excluding hydrogens is 254 g/mol. The molecule has 1 unspecified atom stereocenters. The molecule has 20 heavy (non-hydrogen) atoms. The largest absolute Gasteiger partial charge is 0.486 e. The molecule has 0 aromatic heterocycles. The van der Waals surface area contributed by atoms with Crippen LogP contribution in [0.15, 0.2) is 48.5 Å². The zero-order valence-corrected chi connectivity index (χ0v) is 11.1. The number of carbonyl (C=O) groups is 1. The first-order valence-corrected chi connectivity index (χ1v) is 6.51. The standard InChI is InChI=1S/C16H15NO3/c1-11(12-5-3-2-4-6-12)20-13-7-8-15-14(9-13)17-16(18)10-19-15/h2-9,11H,10H2,1H3,(H,17,18). The molecule has 0 saturated heterocycles. The summed E-state index contributed by atoms with van der Waals surface area (Å²) in [6.45, 7) is 2.05. The number of ether oxygens (including phenoxy) is 2. The summed E-state index contributed by atoms with van der Waals surface area (Å²) in [4.78, 5) is 11.3. The van der Waals surface area contributed by atoms with Crippen molar-refractivity contribution >= 4 is 11.6 Å². The third kappa shape index (κ3) is 2.59. The van der Waals surface area contributed by atoms with E-state index in [0.717, 1.165) is 5.56 Å². The second-order valence-corrected chi connectivity index (χ2v) is 4.67. The molecule has 2 aromatic carbocycles. The third-order valence-corrected chi connectivity index (χ3v) is 3.17. The molecule has 2 aromatic rings. The van der Waals surface area contributed by atoms with Crippen molar-refractivity contribution in [2.24, 2.45) is 0 Å². The highest BCUT2D eigenvalue weighted by Crippen LogP contribution is 2.33. The first kappa shape index (κ1) is 12.5. The number of benzene rings is 2. The van der Waals surface area contributed by atoms with E-state index in [0.29, 0.717) is 17.2 Å². The van der Waals surface area contributed by atoms with E-state index in [1.54, 1.807) is 6.07 Å². The number of hydrogen-bond donors (Lipinski definition) is 1. The minimum Gasteiger partial charge on any atom is -0.486 e. The van der Waals surface area contributed by atoms with E-state index in [9.17, 15) is 4.79 Å². The van der Waals surface area contributed by atoms with Gasteiger partial charge in [-0.25, -0.2) is 0 Å². The molecule has 0 spiro atoms. The number of anilines is 1. The quantitative estimate of drug-likeness (QED) is 0.931. The molecule has 0 saturated carbocycles. The van der Waals surface area contributed by atoms with Crippen LogP contribution in [0.3, 0.4) is 0 Å². The Hall–Kier alpha value is -2.49. The van der Waals surface area contributed by atoms with Crippen molar-refractivity contribution in [2.45, 2.75) is 13.0 Å². The summed E-state index contributed by atoms with van der Waals surface area (Å²) in [5.41, 5.74) is 1.75. The fourth-order valence-electron chi connectivity index (χ4n) is 2.13. The average Bonchev–Trinajstić information content (AvgIpc) is 2.47. The van der Waals surface area contributed by atoms with Crippen LogP contribution in [-0.4, -0.2) is 12.5 Å². The fraction of sp³-hybridized carbons (Fsp3) is 0.188. The van der Waals surface area contributed by atoms with Gasteiger partial charge in [0.05, 0.1) is 5.69 Å². The van der Waals surface area contributed by atoms with Crippen LogP contribution < -0.4 is 14.8 Å². The highest BCUT2D eigenvalue weighted by Gasteiger charge is 2.17. The Morgan fingerprint density at radius 3 is 2.80 bits per heavy atom. The molecule has 1 heterocycles.